The summed E-state index contributed by atoms with van der Waals surface area (Å²) in [5.41, 5.74) is 1.56. The lowest BCUT2D eigenvalue weighted by Crippen LogP contribution is -2.54. The fraction of sp³-hybridized carbons (Fsp3) is 0.143. The summed E-state index contributed by atoms with van der Waals surface area (Å²) in [4.78, 5) is 51.8. The maximum atomic E-state index is 13.3. The highest BCUT2D eigenvalue weighted by atomic mass is 79.9. The van der Waals surface area contributed by atoms with Crippen LogP contribution in [0, 0.1) is 6.92 Å². The van der Waals surface area contributed by atoms with E-state index in [1.54, 1.807) is 56.5 Å². The van der Waals surface area contributed by atoms with E-state index in [0.29, 0.717) is 32.1 Å². The summed E-state index contributed by atoms with van der Waals surface area (Å²) in [6.45, 7) is 1.39. The number of ether oxygens (including phenoxy) is 3. The van der Waals surface area contributed by atoms with Crippen LogP contribution in [0.3, 0.4) is 0 Å². The van der Waals surface area contributed by atoms with E-state index in [0.717, 1.165) is 4.90 Å². The van der Waals surface area contributed by atoms with Crippen molar-refractivity contribution in [3.63, 3.8) is 0 Å². The maximum absolute atomic E-state index is 13.3. The lowest BCUT2D eigenvalue weighted by Gasteiger charge is -2.27. The van der Waals surface area contributed by atoms with Gasteiger partial charge in [-0.3, -0.25) is 19.7 Å². The van der Waals surface area contributed by atoms with Crippen LogP contribution in [0.5, 0.6) is 17.2 Å². The number of methoxy groups -OCH3 is 2. The second-order valence-electron chi connectivity index (χ2n) is 8.49. The number of nitrogens with one attached hydrogen (secondary N) is 2. The number of urea groups is 1. The molecule has 0 bridgehead atoms. The summed E-state index contributed by atoms with van der Waals surface area (Å²) in [6, 6.07) is 13.8. The molecular weight excluding hydrogens is 606 g/mol. The van der Waals surface area contributed by atoms with Crippen molar-refractivity contribution in [2.45, 2.75) is 6.92 Å². The Labute approximate surface area is 243 Å². The van der Waals surface area contributed by atoms with Gasteiger partial charge in [-0.05, 0) is 88.6 Å². The van der Waals surface area contributed by atoms with Gasteiger partial charge in [-0.15, -0.1) is 0 Å². The van der Waals surface area contributed by atoms with Crippen LogP contribution in [0.2, 0.25) is 5.02 Å². The zero-order chi connectivity index (χ0) is 29.0. The van der Waals surface area contributed by atoms with Crippen LogP contribution in [-0.4, -0.2) is 44.6 Å². The van der Waals surface area contributed by atoms with Crippen molar-refractivity contribution in [2.75, 3.05) is 31.0 Å². The number of carbonyl (C=O) groups is 4. The van der Waals surface area contributed by atoms with E-state index in [2.05, 4.69) is 26.6 Å². The van der Waals surface area contributed by atoms with E-state index in [9.17, 15) is 19.2 Å². The van der Waals surface area contributed by atoms with Crippen molar-refractivity contribution in [1.29, 1.82) is 0 Å². The van der Waals surface area contributed by atoms with Crippen LogP contribution < -0.4 is 29.7 Å². The van der Waals surface area contributed by atoms with Gasteiger partial charge in [0, 0.05) is 10.7 Å². The quantitative estimate of drug-likeness (QED) is 0.263. The van der Waals surface area contributed by atoms with Crippen molar-refractivity contribution in [1.82, 2.24) is 5.32 Å². The number of benzene rings is 3. The molecule has 5 amide bonds. The van der Waals surface area contributed by atoms with Crippen LogP contribution >= 0.6 is 27.5 Å². The zero-order valence-corrected chi connectivity index (χ0v) is 23.9. The average Bonchev–Trinajstić information content (AvgIpc) is 2.92. The number of hydrogen-bond acceptors (Lipinski definition) is 7. The number of hydrogen-bond donors (Lipinski definition) is 2. The fourth-order valence-corrected chi connectivity index (χ4v) is 4.58. The number of nitrogens with zero attached hydrogens (tertiary/aromatic N) is 1. The van der Waals surface area contributed by atoms with Gasteiger partial charge in [0.1, 0.15) is 11.3 Å². The lowest BCUT2D eigenvalue weighted by molar-refractivity contribution is -0.122. The maximum Gasteiger partial charge on any atom is 0.335 e. The van der Waals surface area contributed by atoms with E-state index in [-0.39, 0.29) is 29.4 Å². The molecule has 0 spiro atoms. The van der Waals surface area contributed by atoms with Crippen molar-refractivity contribution in [3.8, 4) is 17.2 Å². The minimum Gasteiger partial charge on any atom is -0.497 e. The number of amides is 5. The Balaban J connectivity index is 1.55. The molecule has 1 aliphatic heterocycles. The molecule has 0 atom stereocenters. The Hall–Kier alpha value is -4.35. The van der Waals surface area contributed by atoms with Gasteiger partial charge in [0.2, 0.25) is 0 Å². The first-order valence-corrected chi connectivity index (χ1v) is 12.9. The smallest absolute Gasteiger partial charge is 0.335 e. The Morgan fingerprint density at radius 3 is 2.45 bits per heavy atom. The van der Waals surface area contributed by atoms with E-state index < -0.39 is 23.8 Å². The van der Waals surface area contributed by atoms with Crippen molar-refractivity contribution in [3.05, 3.63) is 80.8 Å². The number of rotatable bonds is 8. The number of imide groups is 2. The molecule has 40 heavy (non-hydrogen) atoms. The van der Waals surface area contributed by atoms with Crippen molar-refractivity contribution >= 4 is 68.7 Å². The molecule has 0 radical (unpaired) electrons. The molecule has 206 valence electrons. The van der Waals surface area contributed by atoms with Gasteiger partial charge in [0.05, 0.1) is 24.4 Å². The second-order valence-corrected chi connectivity index (χ2v) is 9.78. The van der Waals surface area contributed by atoms with Crippen LogP contribution in [0.1, 0.15) is 11.1 Å². The molecule has 3 aromatic rings. The zero-order valence-electron chi connectivity index (χ0n) is 21.5. The first-order valence-electron chi connectivity index (χ1n) is 11.7. The Morgan fingerprint density at radius 1 is 1.05 bits per heavy atom. The Bertz CT molecular complexity index is 1540. The van der Waals surface area contributed by atoms with Gasteiger partial charge in [-0.1, -0.05) is 17.7 Å². The van der Waals surface area contributed by atoms with Crippen LogP contribution in [0.15, 0.2) is 64.6 Å². The molecule has 1 heterocycles. The molecule has 3 aromatic carbocycles. The molecule has 1 saturated heterocycles. The number of barbiturate groups is 1. The lowest BCUT2D eigenvalue weighted by atomic mass is 10.1. The molecule has 10 nitrogen and oxygen atoms in total. The molecule has 0 aromatic heterocycles. The van der Waals surface area contributed by atoms with Gasteiger partial charge in [-0.2, -0.15) is 0 Å². The third-order valence-electron chi connectivity index (χ3n) is 5.80. The third kappa shape index (κ3) is 6.27. The SMILES string of the molecule is COc1ccc(NC(=O)COc2c(Br)cc(/C=C3\C(=O)NC(=O)N(c4cc(Cl)ccc4C)C3=O)cc2OC)cc1. The minimum absolute atomic E-state index is 0.236. The topological polar surface area (TPSA) is 123 Å². The summed E-state index contributed by atoms with van der Waals surface area (Å²) < 4.78 is 16.6. The highest BCUT2D eigenvalue weighted by Crippen LogP contribution is 2.38. The van der Waals surface area contributed by atoms with E-state index in [1.807, 2.05) is 0 Å². The molecule has 0 unspecified atom stereocenters. The van der Waals surface area contributed by atoms with Crippen LogP contribution in [0.4, 0.5) is 16.2 Å². The standard InChI is InChI=1S/C28H23BrClN3O7/c1-15-4-5-17(30)13-22(15)33-27(36)20(26(35)32-28(33)37)10-16-11-21(29)25(23(12-16)39-3)40-14-24(34)31-18-6-8-19(38-2)9-7-18/h4-13H,14H2,1-3H3,(H,31,34)(H,32,35,37)/b20-10+. The predicted molar refractivity (Wildman–Crippen MR) is 153 cm³/mol. The van der Waals surface area contributed by atoms with Crippen molar-refractivity contribution in [2.24, 2.45) is 0 Å². The van der Waals surface area contributed by atoms with E-state index in [1.165, 1.54) is 25.3 Å². The Morgan fingerprint density at radius 2 is 1.77 bits per heavy atom. The molecule has 1 aliphatic rings. The summed E-state index contributed by atoms with van der Waals surface area (Å²) in [6.07, 6.45) is 1.32. The predicted octanol–water partition coefficient (Wildman–Crippen LogP) is 5.11. The first kappa shape index (κ1) is 28.7. The van der Waals surface area contributed by atoms with Gasteiger partial charge >= 0.3 is 6.03 Å². The minimum atomic E-state index is -0.882. The van der Waals surface area contributed by atoms with Gasteiger partial charge in [0.15, 0.2) is 18.1 Å². The molecule has 0 saturated carbocycles. The summed E-state index contributed by atoms with van der Waals surface area (Å²) in [5.74, 6) is -0.942. The first-order chi connectivity index (χ1) is 19.1. The molecule has 0 aliphatic carbocycles. The molecule has 1 fully saturated rings. The monoisotopic (exact) mass is 627 g/mol. The van der Waals surface area contributed by atoms with Crippen LogP contribution in [-0.2, 0) is 14.4 Å². The van der Waals surface area contributed by atoms with E-state index in [4.69, 9.17) is 25.8 Å². The number of anilines is 2. The number of halogens is 2. The van der Waals surface area contributed by atoms with Crippen LogP contribution in [0.25, 0.3) is 6.08 Å². The normalized spacial score (nSPS) is 14.2. The van der Waals surface area contributed by atoms with Gasteiger partial charge in [-0.25, -0.2) is 9.69 Å². The second kappa shape index (κ2) is 12.2. The number of aryl methyl sites for hydroxylation is 1. The average molecular weight is 629 g/mol. The summed E-state index contributed by atoms with van der Waals surface area (Å²) in [7, 11) is 2.96. The van der Waals surface area contributed by atoms with E-state index >= 15 is 0 Å². The van der Waals surface area contributed by atoms with Gasteiger partial charge in [0.25, 0.3) is 17.7 Å². The summed E-state index contributed by atoms with van der Waals surface area (Å²) in [5, 5.41) is 5.23. The van der Waals surface area contributed by atoms with Gasteiger partial charge < -0.3 is 19.5 Å². The molecule has 4 rings (SSSR count). The molecule has 2 N–H and O–H groups in total. The third-order valence-corrected chi connectivity index (χ3v) is 6.62. The number of carbonyl (C=O) groups excluding carboxylic acids is 4. The fourth-order valence-electron chi connectivity index (χ4n) is 3.84. The largest absolute Gasteiger partial charge is 0.497 e. The summed E-state index contributed by atoms with van der Waals surface area (Å²) >= 11 is 9.47. The molecule has 12 heteroatoms. The van der Waals surface area contributed by atoms with Crippen molar-refractivity contribution < 1.29 is 33.4 Å². The molecular formula is C28H23BrClN3O7. The Kier molecular flexibility index (Phi) is 8.76. The highest BCUT2D eigenvalue weighted by Gasteiger charge is 2.37. The highest BCUT2D eigenvalue weighted by molar-refractivity contribution is 9.10.